The molecule has 1 saturated heterocycles. The van der Waals surface area contributed by atoms with Crippen molar-refractivity contribution in [2.24, 2.45) is 0 Å². The Labute approximate surface area is 171 Å². The highest BCUT2D eigenvalue weighted by molar-refractivity contribution is 6.12. The van der Waals surface area contributed by atoms with E-state index in [4.69, 9.17) is 0 Å². The van der Waals surface area contributed by atoms with Gasteiger partial charge in [0.15, 0.2) is 0 Å². The number of carbonyl (C=O) groups excluding carboxylic acids is 2. The zero-order valence-electron chi connectivity index (χ0n) is 16.4. The number of amides is 2. The van der Waals surface area contributed by atoms with Gasteiger partial charge in [-0.1, -0.05) is 0 Å². The first-order valence-electron chi connectivity index (χ1n) is 9.52. The van der Waals surface area contributed by atoms with Crippen molar-refractivity contribution in [3.63, 3.8) is 0 Å². The van der Waals surface area contributed by atoms with Crippen molar-refractivity contribution in [2.75, 3.05) is 38.5 Å². The Morgan fingerprint density at radius 2 is 1.97 bits per heavy atom. The van der Waals surface area contributed by atoms with E-state index in [1.165, 1.54) is 29.1 Å². The first kappa shape index (κ1) is 19.8. The van der Waals surface area contributed by atoms with Gasteiger partial charge in [0.05, 0.1) is 17.4 Å². The van der Waals surface area contributed by atoms with E-state index in [1.54, 1.807) is 11.1 Å². The van der Waals surface area contributed by atoms with Crippen LogP contribution in [0.4, 0.5) is 10.1 Å². The second-order valence-electron chi connectivity index (χ2n) is 7.30. The van der Waals surface area contributed by atoms with Gasteiger partial charge < -0.3 is 20.1 Å². The first-order valence-corrected chi connectivity index (χ1v) is 9.52. The topological polar surface area (TPSA) is 103 Å². The van der Waals surface area contributed by atoms with Crippen LogP contribution in [-0.4, -0.2) is 69.6 Å². The van der Waals surface area contributed by atoms with Crippen molar-refractivity contribution in [1.82, 2.24) is 24.6 Å². The van der Waals surface area contributed by atoms with E-state index in [1.807, 2.05) is 7.05 Å². The van der Waals surface area contributed by atoms with Gasteiger partial charge in [-0.2, -0.15) is 5.10 Å². The summed E-state index contributed by atoms with van der Waals surface area (Å²) in [5.74, 6) is -1.12. The Morgan fingerprint density at radius 3 is 2.73 bits per heavy atom. The number of nitrogens with zero attached hydrogens (tertiary/aromatic N) is 4. The smallest absolute Gasteiger partial charge is 0.256 e. The summed E-state index contributed by atoms with van der Waals surface area (Å²) in [6.45, 7) is 3.07. The summed E-state index contributed by atoms with van der Waals surface area (Å²) in [6.07, 6.45) is 2.97. The molecule has 10 heteroatoms. The number of H-pyrrole nitrogens is 1. The molecule has 3 aromatic rings. The number of benzene rings is 1. The maximum absolute atomic E-state index is 13.6. The quantitative estimate of drug-likeness (QED) is 0.663. The van der Waals surface area contributed by atoms with E-state index < -0.39 is 17.3 Å². The van der Waals surface area contributed by atoms with Gasteiger partial charge in [-0.25, -0.2) is 4.39 Å². The van der Waals surface area contributed by atoms with Crippen molar-refractivity contribution in [3.8, 4) is 0 Å². The highest BCUT2D eigenvalue weighted by Gasteiger charge is 2.20. The number of likely N-dealkylation sites (N-methyl/N-ethyl adjacent to an activating group) is 1. The van der Waals surface area contributed by atoms with E-state index in [0.29, 0.717) is 29.7 Å². The SMILES string of the molecule is CN1CCN(C(=O)Cn2cc(NC(=O)c3cc(=O)[nH]c4ccc(F)cc34)cn2)CC1. The lowest BCUT2D eigenvalue weighted by atomic mass is 10.1. The molecule has 0 atom stereocenters. The molecule has 0 saturated carbocycles. The van der Waals surface area contributed by atoms with Gasteiger partial charge in [0, 0.05) is 49.3 Å². The zero-order chi connectivity index (χ0) is 21.3. The first-order chi connectivity index (χ1) is 14.4. The van der Waals surface area contributed by atoms with Crippen LogP contribution in [0.15, 0.2) is 41.5 Å². The molecular weight excluding hydrogens is 391 g/mol. The van der Waals surface area contributed by atoms with Crippen LogP contribution >= 0.6 is 0 Å². The van der Waals surface area contributed by atoms with Crippen LogP contribution < -0.4 is 10.9 Å². The van der Waals surface area contributed by atoms with E-state index in [0.717, 1.165) is 19.2 Å². The van der Waals surface area contributed by atoms with E-state index in [9.17, 15) is 18.8 Å². The van der Waals surface area contributed by atoms with Crippen LogP contribution in [0.5, 0.6) is 0 Å². The Bertz CT molecular complexity index is 1160. The molecule has 2 N–H and O–H groups in total. The minimum absolute atomic E-state index is 0.0415. The summed E-state index contributed by atoms with van der Waals surface area (Å²) >= 11 is 0. The Hall–Kier alpha value is -3.53. The van der Waals surface area contributed by atoms with Crippen LogP contribution in [0.3, 0.4) is 0 Å². The third-order valence-corrected chi connectivity index (χ3v) is 5.09. The van der Waals surface area contributed by atoms with E-state index in [-0.39, 0.29) is 18.0 Å². The molecule has 30 heavy (non-hydrogen) atoms. The molecule has 0 spiro atoms. The number of hydrogen-bond donors (Lipinski definition) is 2. The second-order valence-corrected chi connectivity index (χ2v) is 7.30. The molecule has 1 fully saturated rings. The number of pyridine rings is 1. The number of hydrogen-bond acceptors (Lipinski definition) is 5. The summed E-state index contributed by atoms with van der Waals surface area (Å²) in [7, 11) is 2.02. The van der Waals surface area contributed by atoms with Crippen LogP contribution in [-0.2, 0) is 11.3 Å². The van der Waals surface area contributed by atoms with Crippen LogP contribution in [0, 0.1) is 5.82 Å². The Balaban J connectivity index is 1.47. The lowest BCUT2D eigenvalue weighted by Crippen LogP contribution is -2.48. The number of rotatable bonds is 4. The normalized spacial score (nSPS) is 14.8. The minimum Gasteiger partial charge on any atom is -0.339 e. The molecule has 1 aliphatic heterocycles. The second kappa shape index (κ2) is 8.07. The largest absolute Gasteiger partial charge is 0.339 e. The number of aromatic amines is 1. The van der Waals surface area contributed by atoms with Gasteiger partial charge in [0.25, 0.3) is 5.91 Å². The minimum atomic E-state index is -0.568. The average Bonchev–Trinajstić information content (AvgIpc) is 3.14. The molecule has 1 aliphatic rings. The van der Waals surface area contributed by atoms with Gasteiger partial charge in [-0.15, -0.1) is 0 Å². The third kappa shape index (κ3) is 4.23. The van der Waals surface area contributed by atoms with Gasteiger partial charge >= 0.3 is 0 Å². The molecular formula is C20H21FN6O3. The third-order valence-electron chi connectivity index (χ3n) is 5.09. The summed E-state index contributed by atoms with van der Waals surface area (Å²) in [5, 5.41) is 7.07. The van der Waals surface area contributed by atoms with Crippen molar-refractivity contribution in [3.05, 3.63) is 58.4 Å². The number of aromatic nitrogens is 3. The molecule has 0 radical (unpaired) electrons. The molecule has 2 amide bonds. The molecule has 156 valence electrons. The number of anilines is 1. The van der Waals surface area contributed by atoms with Crippen LogP contribution in [0.1, 0.15) is 10.4 Å². The summed E-state index contributed by atoms with van der Waals surface area (Å²) in [6, 6.07) is 4.93. The van der Waals surface area contributed by atoms with Gasteiger partial charge in [0.2, 0.25) is 11.5 Å². The molecule has 9 nitrogen and oxygen atoms in total. The maximum Gasteiger partial charge on any atom is 0.256 e. The number of fused-ring (bicyclic) bond motifs is 1. The number of nitrogens with one attached hydrogen (secondary N) is 2. The number of piperazine rings is 1. The highest BCUT2D eigenvalue weighted by Crippen LogP contribution is 2.18. The fourth-order valence-corrected chi connectivity index (χ4v) is 3.42. The summed E-state index contributed by atoms with van der Waals surface area (Å²) in [4.78, 5) is 43.5. The van der Waals surface area contributed by atoms with Gasteiger partial charge in [-0.05, 0) is 25.2 Å². The molecule has 1 aromatic carbocycles. The van der Waals surface area contributed by atoms with Crippen LogP contribution in [0.2, 0.25) is 0 Å². The van der Waals surface area contributed by atoms with Crippen molar-refractivity contribution >= 4 is 28.4 Å². The zero-order valence-corrected chi connectivity index (χ0v) is 16.4. The van der Waals surface area contributed by atoms with Crippen molar-refractivity contribution in [2.45, 2.75) is 6.54 Å². The Kier molecular flexibility index (Phi) is 5.32. The fraction of sp³-hybridized carbons (Fsp3) is 0.300. The highest BCUT2D eigenvalue weighted by atomic mass is 19.1. The molecule has 0 unspecified atom stereocenters. The monoisotopic (exact) mass is 412 g/mol. The average molecular weight is 412 g/mol. The maximum atomic E-state index is 13.6. The van der Waals surface area contributed by atoms with Crippen molar-refractivity contribution in [1.29, 1.82) is 0 Å². The number of carbonyl (C=O) groups is 2. The lowest BCUT2D eigenvalue weighted by molar-refractivity contribution is -0.133. The summed E-state index contributed by atoms with van der Waals surface area (Å²) in [5.41, 5.74) is 0.320. The molecule has 2 aromatic heterocycles. The van der Waals surface area contributed by atoms with E-state index >= 15 is 0 Å². The van der Waals surface area contributed by atoms with E-state index in [2.05, 4.69) is 20.3 Å². The molecule has 0 aliphatic carbocycles. The molecule has 4 rings (SSSR count). The van der Waals surface area contributed by atoms with Gasteiger partial charge in [0.1, 0.15) is 12.4 Å². The molecule has 3 heterocycles. The van der Waals surface area contributed by atoms with Crippen molar-refractivity contribution < 1.29 is 14.0 Å². The predicted molar refractivity (Wildman–Crippen MR) is 109 cm³/mol. The fourth-order valence-electron chi connectivity index (χ4n) is 3.42. The number of halogens is 1. The summed E-state index contributed by atoms with van der Waals surface area (Å²) < 4.78 is 15.1. The lowest BCUT2D eigenvalue weighted by Gasteiger charge is -2.32. The Morgan fingerprint density at radius 1 is 1.20 bits per heavy atom. The standard InChI is InChI=1S/C20H21FN6O3/c1-25-4-6-26(7-5-25)19(29)12-27-11-14(10-22-27)23-20(30)16-9-18(28)24-17-3-2-13(21)8-15(16)17/h2-3,8-11H,4-7,12H2,1H3,(H,23,30)(H,24,28). The predicted octanol–water partition coefficient (Wildman–Crippen LogP) is 0.890. The van der Waals surface area contributed by atoms with Gasteiger partial charge in [-0.3, -0.25) is 19.1 Å². The molecule has 0 bridgehead atoms. The van der Waals surface area contributed by atoms with Crippen LogP contribution in [0.25, 0.3) is 10.9 Å².